The maximum atomic E-state index is 13.3. The van der Waals surface area contributed by atoms with Gasteiger partial charge in [-0.1, -0.05) is 6.07 Å². The van der Waals surface area contributed by atoms with E-state index in [0.29, 0.717) is 34.4 Å². The van der Waals surface area contributed by atoms with Crippen LogP contribution in [0.3, 0.4) is 0 Å². The molecule has 0 unspecified atom stereocenters. The van der Waals surface area contributed by atoms with Gasteiger partial charge in [-0.25, -0.2) is 4.68 Å². The lowest BCUT2D eigenvalue weighted by Gasteiger charge is -2.15. The van der Waals surface area contributed by atoms with Crippen LogP contribution in [0.2, 0.25) is 0 Å². The van der Waals surface area contributed by atoms with E-state index < -0.39 is 11.7 Å². The number of aromatic nitrogens is 2. The zero-order chi connectivity index (χ0) is 15.8. The molecule has 1 heterocycles. The number of hydrogen-bond donors (Lipinski definition) is 1. The smallest absolute Gasteiger partial charge is 0.330 e. The van der Waals surface area contributed by atoms with Crippen molar-refractivity contribution < 1.29 is 13.2 Å². The Morgan fingerprint density at radius 1 is 1.29 bits per heavy atom. The molecule has 0 spiro atoms. The van der Waals surface area contributed by atoms with Crippen LogP contribution in [0.4, 0.5) is 13.2 Å². The summed E-state index contributed by atoms with van der Waals surface area (Å²) in [7, 11) is 0. The number of nitrogens with two attached hydrogens (primary N) is 1. The topological polar surface area (TPSA) is 43.8 Å². The molecule has 0 aliphatic heterocycles. The average molecular weight is 362 g/mol. The van der Waals surface area contributed by atoms with Crippen LogP contribution in [0.25, 0.3) is 5.69 Å². The van der Waals surface area contributed by atoms with Gasteiger partial charge in [0.25, 0.3) is 0 Å². The fourth-order valence-corrected chi connectivity index (χ4v) is 2.42. The molecule has 0 radical (unpaired) electrons. The Kier molecular flexibility index (Phi) is 4.43. The van der Waals surface area contributed by atoms with E-state index in [1.807, 2.05) is 0 Å². The first-order chi connectivity index (χ1) is 9.75. The summed E-state index contributed by atoms with van der Waals surface area (Å²) in [6.45, 7) is 3.77. The summed E-state index contributed by atoms with van der Waals surface area (Å²) < 4.78 is 42.0. The fraction of sp³-hybridized carbons (Fsp3) is 0.357. The number of halogens is 4. The first kappa shape index (κ1) is 16.0. The maximum Gasteiger partial charge on any atom is 0.418 e. The Balaban J connectivity index is 2.65. The van der Waals surface area contributed by atoms with Crippen LogP contribution in [-0.2, 0) is 12.6 Å². The van der Waals surface area contributed by atoms with Crippen LogP contribution in [0.5, 0.6) is 0 Å². The summed E-state index contributed by atoms with van der Waals surface area (Å²) in [6.07, 6.45) is -4.04. The molecule has 114 valence electrons. The molecular formula is C14H15BrF3N3. The van der Waals surface area contributed by atoms with E-state index in [0.717, 1.165) is 6.07 Å². The second kappa shape index (κ2) is 5.81. The number of nitrogens with zero attached hydrogens (tertiary/aromatic N) is 2. The molecule has 0 fully saturated rings. The molecule has 0 aliphatic carbocycles. The molecule has 0 saturated carbocycles. The lowest BCUT2D eigenvalue weighted by molar-refractivity contribution is -0.137. The van der Waals surface area contributed by atoms with Crippen LogP contribution in [-0.4, -0.2) is 16.3 Å². The van der Waals surface area contributed by atoms with E-state index in [-0.39, 0.29) is 5.69 Å². The van der Waals surface area contributed by atoms with Gasteiger partial charge in [0.2, 0.25) is 0 Å². The average Bonchev–Trinajstić information content (AvgIpc) is 2.66. The molecule has 1 aromatic carbocycles. The van der Waals surface area contributed by atoms with Crippen molar-refractivity contribution in [2.24, 2.45) is 5.73 Å². The highest BCUT2D eigenvalue weighted by molar-refractivity contribution is 9.10. The Morgan fingerprint density at radius 2 is 1.95 bits per heavy atom. The molecule has 0 aliphatic rings. The third kappa shape index (κ3) is 3.13. The number of rotatable bonds is 3. The van der Waals surface area contributed by atoms with Crippen LogP contribution in [0.15, 0.2) is 22.7 Å². The Labute approximate surface area is 129 Å². The molecule has 2 N–H and O–H groups in total. The first-order valence-electron chi connectivity index (χ1n) is 6.38. The van der Waals surface area contributed by atoms with Crippen LogP contribution < -0.4 is 5.73 Å². The number of alkyl halides is 3. The van der Waals surface area contributed by atoms with Crippen molar-refractivity contribution in [3.63, 3.8) is 0 Å². The molecule has 0 saturated heterocycles. The van der Waals surface area contributed by atoms with E-state index in [9.17, 15) is 13.2 Å². The van der Waals surface area contributed by atoms with E-state index in [1.54, 1.807) is 19.9 Å². The molecule has 2 rings (SSSR count). The minimum Gasteiger partial charge on any atom is -0.330 e. The monoisotopic (exact) mass is 361 g/mol. The van der Waals surface area contributed by atoms with Crippen molar-refractivity contribution in [2.75, 3.05) is 6.54 Å². The van der Waals surface area contributed by atoms with Crippen molar-refractivity contribution in [1.29, 1.82) is 0 Å². The number of benzene rings is 1. The normalized spacial score (nSPS) is 12.0. The predicted molar refractivity (Wildman–Crippen MR) is 78.5 cm³/mol. The highest BCUT2D eigenvalue weighted by Gasteiger charge is 2.35. The quantitative estimate of drug-likeness (QED) is 0.904. The van der Waals surface area contributed by atoms with Crippen LogP contribution in [0, 0.1) is 13.8 Å². The molecule has 0 amide bonds. The third-order valence-corrected chi connectivity index (χ3v) is 4.38. The zero-order valence-corrected chi connectivity index (χ0v) is 13.2. The van der Waals surface area contributed by atoms with Crippen molar-refractivity contribution in [3.8, 4) is 5.69 Å². The predicted octanol–water partition coefficient (Wildman–Crippen LogP) is 3.77. The van der Waals surface area contributed by atoms with Gasteiger partial charge in [-0.15, -0.1) is 0 Å². The molecular weight excluding hydrogens is 347 g/mol. The van der Waals surface area contributed by atoms with Gasteiger partial charge in [0.15, 0.2) is 0 Å². The Bertz CT molecular complexity index is 662. The Hall–Kier alpha value is -1.34. The highest BCUT2D eigenvalue weighted by atomic mass is 79.9. The largest absolute Gasteiger partial charge is 0.418 e. The lowest BCUT2D eigenvalue weighted by Crippen LogP contribution is -2.14. The van der Waals surface area contributed by atoms with Gasteiger partial charge in [0, 0.05) is 0 Å². The summed E-state index contributed by atoms with van der Waals surface area (Å²) in [5.74, 6) is 0. The van der Waals surface area contributed by atoms with Crippen molar-refractivity contribution >= 4 is 15.9 Å². The molecule has 2 aromatic rings. The first-order valence-corrected chi connectivity index (χ1v) is 7.17. The Morgan fingerprint density at radius 3 is 2.43 bits per heavy atom. The van der Waals surface area contributed by atoms with E-state index in [1.165, 1.54) is 10.7 Å². The van der Waals surface area contributed by atoms with E-state index in [2.05, 4.69) is 21.0 Å². The van der Waals surface area contributed by atoms with Crippen LogP contribution in [0.1, 0.15) is 22.5 Å². The van der Waals surface area contributed by atoms with Gasteiger partial charge >= 0.3 is 6.18 Å². The number of hydrogen-bond acceptors (Lipinski definition) is 2. The molecule has 7 heteroatoms. The second-order valence-corrected chi connectivity index (χ2v) is 5.58. The molecule has 3 nitrogen and oxygen atoms in total. The molecule has 0 atom stereocenters. The van der Waals surface area contributed by atoms with Crippen molar-refractivity contribution in [3.05, 3.63) is 45.2 Å². The SMILES string of the molecule is Cc1nn(-c2ccc(CCN)cc2C(F)(F)F)c(C)c1Br. The molecule has 21 heavy (non-hydrogen) atoms. The van der Waals surface area contributed by atoms with E-state index in [4.69, 9.17) is 5.73 Å². The van der Waals surface area contributed by atoms with Gasteiger partial charge in [0.05, 0.1) is 27.1 Å². The summed E-state index contributed by atoms with van der Waals surface area (Å²) in [4.78, 5) is 0. The second-order valence-electron chi connectivity index (χ2n) is 4.78. The van der Waals surface area contributed by atoms with Gasteiger partial charge in [0.1, 0.15) is 0 Å². The number of aryl methyl sites for hydroxylation is 1. The summed E-state index contributed by atoms with van der Waals surface area (Å²) in [5.41, 5.74) is 6.57. The summed E-state index contributed by atoms with van der Waals surface area (Å²) >= 11 is 3.33. The van der Waals surface area contributed by atoms with Gasteiger partial charge < -0.3 is 5.73 Å². The zero-order valence-electron chi connectivity index (χ0n) is 11.6. The maximum absolute atomic E-state index is 13.3. The summed E-state index contributed by atoms with van der Waals surface area (Å²) in [5, 5.41) is 4.17. The van der Waals surface area contributed by atoms with E-state index >= 15 is 0 Å². The third-order valence-electron chi connectivity index (χ3n) is 3.23. The van der Waals surface area contributed by atoms with Crippen molar-refractivity contribution in [1.82, 2.24) is 9.78 Å². The van der Waals surface area contributed by atoms with Crippen molar-refractivity contribution in [2.45, 2.75) is 26.4 Å². The van der Waals surface area contributed by atoms with Gasteiger partial charge in [-0.2, -0.15) is 18.3 Å². The minimum absolute atomic E-state index is 0.0228. The minimum atomic E-state index is -4.45. The molecule has 1 aromatic heterocycles. The van der Waals surface area contributed by atoms with Gasteiger partial charge in [-0.3, -0.25) is 0 Å². The molecule has 0 bridgehead atoms. The fourth-order valence-electron chi connectivity index (χ4n) is 2.18. The highest BCUT2D eigenvalue weighted by Crippen LogP contribution is 2.36. The standard InChI is InChI=1S/C14H15BrF3N3/c1-8-13(15)9(2)21(20-8)12-4-3-10(5-6-19)7-11(12)14(16,17)18/h3-4,7H,5-6,19H2,1-2H3. The van der Waals surface area contributed by atoms with Crippen LogP contribution >= 0.6 is 15.9 Å². The summed E-state index contributed by atoms with van der Waals surface area (Å²) in [6, 6.07) is 4.24. The van der Waals surface area contributed by atoms with Gasteiger partial charge in [-0.05, 0) is 60.4 Å². The lowest BCUT2D eigenvalue weighted by atomic mass is 10.1.